The van der Waals surface area contributed by atoms with E-state index in [-0.39, 0.29) is 0 Å². The normalized spacial score (nSPS) is 15.7. The van der Waals surface area contributed by atoms with Gasteiger partial charge in [-0.15, -0.1) is 0 Å². The average Bonchev–Trinajstić information content (AvgIpc) is 2.11. The molecule has 0 heterocycles. The first kappa shape index (κ1) is 12.9. The van der Waals surface area contributed by atoms with Gasteiger partial charge in [0.05, 0.1) is 0 Å². The van der Waals surface area contributed by atoms with Gasteiger partial charge in [0.1, 0.15) is 0 Å². The van der Waals surface area contributed by atoms with Crippen LogP contribution in [0.2, 0.25) is 0 Å². The second kappa shape index (κ2) is 8.52. The van der Waals surface area contributed by atoms with Gasteiger partial charge in [0, 0.05) is 12.1 Å². The fraction of sp³-hybridized carbons (Fsp3) is 1.00. The molecule has 0 saturated carbocycles. The fourth-order valence-electron chi connectivity index (χ4n) is 1.48. The molecular formula is C11H26N2. The molecule has 0 bridgehead atoms. The molecule has 0 aliphatic heterocycles. The van der Waals surface area contributed by atoms with Crippen molar-refractivity contribution < 1.29 is 0 Å². The van der Waals surface area contributed by atoms with Crippen LogP contribution in [-0.2, 0) is 0 Å². The minimum atomic E-state index is 0.638. The lowest BCUT2D eigenvalue weighted by molar-refractivity contribution is 0.426. The minimum Gasteiger partial charge on any atom is -0.314 e. The van der Waals surface area contributed by atoms with Gasteiger partial charge < -0.3 is 10.6 Å². The average molecular weight is 186 g/mol. The third kappa shape index (κ3) is 8.26. The van der Waals surface area contributed by atoms with Crippen molar-refractivity contribution >= 4 is 0 Å². The van der Waals surface area contributed by atoms with Gasteiger partial charge in [0.2, 0.25) is 0 Å². The Morgan fingerprint density at radius 3 is 1.54 bits per heavy atom. The van der Waals surface area contributed by atoms with Crippen molar-refractivity contribution in [1.82, 2.24) is 10.6 Å². The predicted octanol–water partition coefficient (Wildman–Crippen LogP) is 2.15. The van der Waals surface area contributed by atoms with E-state index in [2.05, 4.69) is 38.3 Å². The van der Waals surface area contributed by atoms with E-state index in [4.69, 9.17) is 0 Å². The third-order valence-corrected chi connectivity index (χ3v) is 2.19. The highest BCUT2D eigenvalue weighted by Crippen LogP contribution is 1.97. The smallest absolute Gasteiger partial charge is 0.00534 e. The molecule has 2 nitrogen and oxygen atoms in total. The van der Waals surface area contributed by atoms with Gasteiger partial charge in [-0.3, -0.25) is 0 Å². The quantitative estimate of drug-likeness (QED) is 0.607. The van der Waals surface area contributed by atoms with E-state index in [0.29, 0.717) is 12.1 Å². The number of hydrogen-bond acceptors (Lipinski definition) is 2. The van der Waals surface area contributed by atoms with Crippen molar-refractivity contribution in [3.05, 3.63) is 0 Å². The second-order valence-electron chi connectivity index (χ2n) is 3.95. The van der Waals surface area contributed by atoms with Gasteiger partial charge in [0.25, 0.3) is 0 Å². The Bertz CT molecular complexity index is 92.3. The SMILES string of the molecule is CCCNC(C)CC(C)NCCC. The van der Waals surface area contributed by atoms with E-state index in [9.17, 15) is 0 Å². The van der Waals surface area contributed by atoms with Crippen LogP contribution in [0.5, 0.6) is 0 Å². The summed E-state index contributed by atoms with van der Waals surface area (Å²) in [5.41, 5.74) is 0. The summed E-state index contributed by atoms with van der Waals surface area (Å²) in [5.74, 6) is 0. The standard InChI is InChI=1S/C11H26N2/c1-5-7-12-10(3)9-11(4)13-8-6-2/h10-13H,5-9H2,1-4H3. The zero-order valence-corrected chi connectivity index (χ0v) is 9.69. The summed E-state index contributed by atoms with van der Waals surface area (Å²) >= 11 is 0. The molecule has 0 spiro atoms. The van der Waals surface area contributed by atoms with E-state index < -0.39 is 0 Å². The first-order valence-electron chi connectivity index (χ1n) is 5.67. The van der Waals surface area contributed by atoms with Crippen LogP contribution in [-0.4, -0.2) is 25.2 Å². The Labute approximate surface area is 83.5 Å². The summed E-state index contributed by atoms with van der Waals surface area (Å²) in [4.78, 5) is 0. The largest absolute Gasteiger partial charge is 0.314 e. The van der Waals surface area contributed by atoms with Crippen molar-refractivity contribution in [2.45, 2.75) is 59.0 Å². The highest BCUT2D eigenvalue weighted by Gasteiger charge is 2.05. The molecule has 0 radical (unpaired) electrons. The highest BCUT2D eigenvalue weighted by molar-refractivity contribution is 4.68. The number of nitrogens with one attached hydrogen (secondary N) is 2. The molecule has 80 valence electrons. The van der Waals surface area contributed by atoms with E-state index in [1.807, 2.05) is 0 Å². The van der Waals surface area contributed by atoms with Gasteiger partial charge in [-0.2, -0.15) is 0 Å². The van der Waals surface area contributed by atoms with Gasteiger partial charge in [-0.05, 0) is 46.2 Å². The molecule has 0 aliphatic carbocycles. The van der Waals surface area contributed by atoms with Crippen LogP contribution in [0.15, 0.2) is 0 Å². The first-order chi connectivity index (χ1) is 6.20. The number of rotatable bonds is 8. The lowest BCUT2D eigenvalue weighted by Crippen LogP contribution is -2.36. The molecule has 0 fully saturated rings. The molecule has 0 amide bonds. The molecule has 0 aromatic carbocycles. The van der Waals surface area contributed by atoms with Crippen molar-refractivity contribution in [3.63, 3.8) is 0 Å². The zero-order chi connectivity index (χ0) is 10.1. The maximum atomic E-state index is 3.50. The Hall–Kier alpha value is -0.0800. The van der Waals surface area contributed by atoms with E-state index in [1.165, 1.54) is 19.3 Å². The minimum absolute atomic E-state index is 0.638. The molecule has 2 atom stereocenters. The Kier molecular flexibility index (Phi) is 8.46. The molecule has 0 saturated heterocycles. The van der Waals surface area contributed by atoms with Crippen LogP contribution in [0.1, 0.15) is 47.0 Å². The Morgan fingerprint density at radius 2 is 1.23 bits per heavy atom. The second-order valence-corrected chi connectivity index (χ2v) is 3.95. The van der Waals surface area contributed by atoms with Crippen molar-refractivity contribution in [2.75, 3.05) is 13.1 Å². The van der Waals surface area contributed by atoms with Gasteiger partial charge in [0.15, 0.2) is 0 Å². The van der Waals surface area contributed by atoms with E-state index >= 15 is 0 Å². The highest BCUT2D eigenvalue weighted by atomic mass is 14.9. The Balaban J connectivity index is 3.35. The van der Waals surface area contributed by atoms with Crippen molar-refractivity contribution in [2.24, 2.45) is 0 Å². The molecule has 13 heavy (non-hydrogen) atoms. The molecule has 0 aromatic rings. The van der Waals surface area contributed by atoms with Crippen molar-refractivity contribution in [1.29, 1.82) is 0 Å². The molecule has 0 aromatic heterocycles. The maximum Gasteiger partial charge on any atom is 0.00534 e. The lowest BCUT2D eigenvalue weighted by atomic mass is 10.1. The van der Waals surface area contributed by atoms with E-state index in [1.54, 1.807) is 0 Å². The third-order valence-electron chi connectivity index (χ3n) is 2.19. The lowest BCUT2D eigenvalue weighted by Gasteiger charge is -2.19. The Morgan fingerprint density at radius 1 is 0.846 bits per heavy atom. The van der Waals surface area contributed by atoms with Crippen LogP contribution in [0.25, 0.3) is 0 Å². The molecule has 2 unspecified atom stereocenters. The molecule has 2 N–H and O–H groups in total. The summed E-state index contributed by atoms with van der Waals surface area (Å²) in [7, 11) is 0. The predicted molar refractivity (Wildman–Crippen MR) is 60.1 cm³/mol. The summed E-state index contributed by atoms with van der Waals surface area (Å²) in [6, 6.07) is 1.28. The van der Waals surface area contributed by atoms with Crippen LogP contribution >= 0.6 is 0 Å². The summed E-state index contributed by atoms with van der Waals surface area (Å²) in [5, 5.41) is 7.00. The van der Waals surface area contributed by atoms with Gasteiger partial charge in [-0.25, -0.2) is 0 Å². The van der Waals surface area contributed by atoms with Crippen LogP contribution in [0.4, 0.5) is 0 Å². The number of hydrogen-bond donors (Lipinski definition) is 2. The van der Waals surface area contributed by atoms with E-state index in [0.717, 1.165) is 13.1 Å². The monoisotopic (exact) mass is 186 g/mol. The topological polar surface area (TPSA) is 24.1 Å². The van der Waals surface area contributed by atoms with Gasteiger partial charge in [-0.1, -0.05) is 13.8 Å². The first-order valence-corrected chi connectivity index (χ1v) is 5.67. The summed E-state index contributed by atoms with van der Waals surface area (Å²) < 4.78 is 0. The van der Waals surface area contributed by atoms with Gasteiger partial charge >= 0.3 is 0 Å². The van der Waals surface area contributed by atoms with Crippen LogP contribution in [0, 0.1) is 0 Å². The zero-order valence-electron chi connectivity index (χ0n) is 9.69. The molecule has 0 rings (SSSR count). The maximum absolute atomic E-state index is 3.50. The van der Waals surface area contributed by atoms with Crippen LogP contribution < -0.4 is 10.6 Å². The molecular weight excluding hydrogens is 160 g/mol. The van der Waals surface area contributed by atoms with Crippen LogP contribution in [0.3, 0.4) is 0 Å². The molecule has 0 aliphatic rings. The molecule has 2 heteroatoms. The summed E-state index contributed by atoms with van der Waals surface area (Å²) in [6.07, 6.45) is 3.67. The van der Waals surface area contributed by atoms with Crippen molar-refractivity contribution in [3.8, 4) is 0 Å². The fourth-order valence-corrected chi connectivity index (χ4v) is 1.48. The summed E-state index contributed by atoms with van der Waals surface area (Å²) in [6.45, 7) is 11.2.